The molecule has 0 bridgehead atoms. The second-order valence-corrected chi connectivity index (χ2v) is 9.50. The number of halogens is 4. The first-order chi connectivity index (χ1) is 15.2. The number of carbonyl (C=O) groups is 2. The molecule has 0 saturated heterocycles. The van der Waals surface area contributed by atoms with Crippen LogP contribution in [0.1, 0.15) is 39.2 Å². The van der Waals surface area contributed by atoms with Crippen LogP contribution in [-0.2, 0) is 16.1 Å². The molecule has 2 atom stereocenters. The van der Waals surface area contributed by atoms with Crippen molar-refractivity contribution in [2.45, 2.75) is 52.2 Å². The average Bonchev–Trinajstić information content (AvgIpc) is 2.74. The maximum Gasteiger partial charge on any atom is 0.261 e. The molecule has 2 amide bonds. The molecule has 5 nitrogen and oxygen atoms in total. The van der Waals surface area contributed by atoms with Gasteiger partial charge in [-0.2, -0.15) is 0 Å². The summed E-state index contributed by atoms with van der Waals surface area (Å²) in [4.78, 5) is 27.7. The summed E-state index contributed by atoms with van der Waals surface area (Å²) in [6, 6.07) is 9.41. The van der Waals surface area contributed by atoms with Gasteiger partial charge in [0.25, 0.3) is 5.91 Å². The Hall–Kier alpha value is -1.47. The van der Waals surface area contributed by atoms with Crippen molar-refractivity contribution in [1.29, 1.82) is 0 Å². The van der Waals surface area contributed by atoms with Gasteiger partial charge in [0.2, 0.25) is 5.91 Å². The molecular weight excluding hydrogens is 539 g/mol. The van der Waals surface area contributed by atoms with Crippen LogP contribution in [0.2, 0.25) is 15.1 Å². The van der Waals surface area contributed by atoms with Gasteiger partial charge in [0.15, 0.2) is 6.61 Å². The number of hydrogen-bond donors (Lipinski definition) is 1. The Morgan fingerprint density at radius 2 is 1.72 bits per heavy atom. The van der Waals surface area contributed by atoms with Crippen molar-refractivity contribution >= 4 is 62.5 Å². The van der Waals surface area contributed by atoms with E-state index in [1.165, 1.54) is 4.90 Å². The molecule has 0 aliphatic rings. The van der Waals surface area contributed by atoms with Crippen LogP contribution in [-0.4, -0.2) is 35.4 Å². The lowest BCUT2D eigenvalue weighted by atomic mass is 10.1. The first kappa shape index (κ1) is 26.8. The van der Waals surface area contributed by atoms with Crippen molar-refractivity contribution in [1.82, 2.24) is 10.2 Å². The van der Waals surface area contributed by atoms with Crippen LogP contribution in [0, 0.1) is 0 Å². The summed E-state index contributed by atoms with van der Waals surface area (Å²) >= 11 is 21.7. The lowest BCUT2D eigenvalue weighted by Gasteiger charge is -2.31. The molecular formula is C23H26BrCl3N2O3. The smallest absolute Gasteiger partial charge is 0.261 e. The Morgan fingerprint density at radius 3 is 2.31 bits per heavy atom. The van der Waals surface area contributed by atoms with Gasteiger partial charge in [-0.1, -0.05) is 54.7 Å². The van der Waals surface area contributed by atoms with E-state index < -0.39 is 6.04 Å². The minimum atomic E-state index is -0.680. The number of hydrogen-bond acceptors (Lipinski definition) is 3. The second kappa shape index (κ2) is 12.7. The van der Waals surface area contributed by atoms with Crippen molar-refractivity contribution in [2.75, 3.05) is 6.61 Å². The van der Waals surface area contributed by atoms with Crippen molar-refractivity contribution in [3.05, 3.63) is 61.5 Å². The second-order valence-electron chi connectivity index (χ2n) is 7.36. The van der Waals surface area contributed by atoms with Gasteiger partial charge in [-0.3, -0.25) is 9.59 Å². The van der Waals surface area contributed by atoms with E-state index in [-0.39, 0.29) is 31.0 Å². The lowest BCUT2D eigenvalue weighted by molar-refractivity contribution is -0.143. The highest BCUT2D eigenvalue weighted by Crippen LogP contribution is 2.28. The largest absolute Gasteiger partial charge is 0.483 e. The topological polar surface area (TPSA) is 58.6 Å². The summed E-state index contributed by atoms with van der Waals surface area (Å²) in [6.07, 6.45) is 1.22. The molecule has 0 aliphatic heterocycles. The molecule has 9 heteroatoms. The predicted octanol–water partition coefficient (Wildman–Crippen LogP) is 6.51. The minimum absolute atomic E-state index is 0.00565. The molecule has 2 aromatic rings. The van der Waals surface area contributed by atoms with Gasteiger partial charge in [-0.25, -0.2) is 0 Å². The Labute approximate surface area is 212 Å². The van der Waals surface area contributed by atoms with Crippen LogP contribution in [0.25, 0.3) is 0 Å². The molecule has 2 rings (SSSR count). The van der Waals surface area contributed by atoms with Gasteiger partial charge in [0.1, 0.15) is 11.8 Å². The number of carbonyl (C=O) groups excluding carboxylic acids is 2. The monoisotopic (exact) mass is 562 g/mol. The molecule has 0 aliphatic carbocycles. The van der Waals surface area contributed by atoms with Crippen LogP contribution < -0.4 is 10.1 Å². The fraction of sp³-hybridized carbons (Fsp3) is 0.391. The highest BCUT2D eigenvalue weighted by molar-refractivity contribution is 9.10. The van der Waals surface area contributed by atoms with Gasteiger partial charge >= 0.3 is 0 Å². The quantitative estimate of drug-likeness (QED) is 0.358. The fourth-order valence-electron chi connectivity index (χ4n) is 3.01. The average molecular weight is 565 g/mol. The predicted molar refractivity (Wildman–Crippen MR) is 134 cm³/mol. The number of rotatable bonds is 10. The maximum atomic E-state index is 13.2. The van der Waals surface area contributed by atoms with E-state index in [0.29, 0.717) is 37.3 Å². The van der Waals surface area contributed by atoms with E-state index in [9.17, 15) is 9.59 Å². The van der Waals surface area contributed by atoms with Gasteiger partial charge in [-0.05, 0) is 71.6 Å². The minimum Gasteiger partial charge on any atom is -0.483 e. The maximum absolute atomic E-state index is 13.2. The number of ether oxygens (including phenoxy) is 1. The Morgan fingerprint density at radius 1 is 1.06 bits per heavy atom. The summed E-state index contributed by atoms with van der Waals surface area (Å²) in [5.41, 5.74) is 0.687. The molecule has 0 aromatic heterocycles. The van der Waals surface area contributed by atoms with E-state index in [2.05, 4.69) is 21.2 Å². The Kier molecular flexibility index (Phi) is 10.6. The third-order valence-corrected chi connectivity index (χ3v) is 6.43. The zero-order chi connectivity index (χ0) is 23.8. The summed E-state index contributed by atoms with van der Waals surface area (Å²) in [7, 11) is 0. The van der Waals surface area contributed by atoms with Crippen molar-refractivity contribution in [3.8, 4) is 5.75 Å². The molecule has 1 N–H and O–H groups in total. The summed E-state index contributed by atoms with van der Waals surface area (Å²) < 4.78 is 6.35. The first-order valence-electron chi connectivity index (χ1n) is 10.3. The highest BCUT2D eigenvalue weighted by atomic mass is 79.9. The number of nitrogens with zero attached hydrogens (tertiary/aromatic N) is 1. The summed E-state index contributed by atoms with van der Waals surface area (Å²) in [6.45, 7) is 5.67. The zero-order valence-corrected chi connectivity index (χ0v) is 22.0. The fourth-order valence-corrected chi connectivity index (χ4v) is 4.27. The molecule has 0 spiro atoms. The standard InChI is InChI=1S/C23H26BrCl3N2O3/c1-4-14(3)28-23(31)20(5-2)29(12-15-6-7-17(26)11-19(15)27)22(30)13-32-21-9-8-16(25)10-18(21)24/h6-11,14,20H,4-5,12-13H2,1-3H3,(H,28,31). The summed E-state index contributed by atoms with van der Waals surface area (Å²) in [5.74, 6) is -0.0821. The van der Waals surface area contributed by atoms with Crippen molar-refractivity contribution in [3.63, 3.8) is 0 Å². The van der Waals surface area contributed by atoms with Crippen LogP contribution >= 0.6 is 50.7 Å². The third-order valence-electron chi connectivity index (χ3n) is 4.99. The lowest BCUT2D eigenvalue weighted by Crippen LogP contribution is -2.51. The van der Waals surface area contributed by atoms with Crippen molar-refractivity contribution < 1.29 is 14.3 Å². The van der Waals surface area contributed by atoms with Gasteiger partial charge in [0.05, 0.1) is 4.47 Å². The molecule has 32 heavy (non-hydrogen) atoms. The Bertz CT molecular complexity index is 958. The zero-order valence-electron chi connectivity index (χ0n) is 18.1. The van der Waals surface area contributed by atoms with Crippen LogP contribution in [0.15, 0.2) is 40.9 Å². The van der Waals surface area contributed by atoms with E-state index in [1.54, 1.807) is 36.4 Å². The van der Waals surface area contributed by atoms with Gasteiger partial charge < -0.3 is 15.0 Å². The van der Waals surface area contributed by atoms with Gasteiger partial charge in [0, 0.05) is 27.7 Å². The molecule has 0 heterocycles. The highest BCUT2D eigenvalue weighted by Gasteiger charge is 2.30. The number of nitrogens with one attached hydrogen (secondary N) is 1. The molecule has 2 aromatic carbocycles. The molecule has 0 fully saturated rings. The SMILES string of the molecule is CCC(C)NC(=O)C(CC)N(Cc1ccc(Cl)cc1Cl)C(=O)COc1ccc(Cl)cc1Br. The van der Waals surface area contributed by atoms with Crippen molar-refractivity contribution in [2.24, 2.45) is 0 Å². The molecule has 2 unspecified atom stereocenters. The normalized spacial score (nSPS) is 12.7. The van der Waals surface area contributed by atoms with E-state index in [1.807, 2.05) is 20.8 Å². The van der Waals surface area contributed by atoms with E-state index in [0.717, 1.165) is 6.42 Å². The molecule has 174 valence electrons. The first-order valence-corrected chi connectivity index (χ1v) is 12.2. The van der Waals surface area contributed by atoms with E-state index >= 15 is 0 Å². The van der Waals surface area contributed by atoms with Gasteiger partial charge in [-0.15, -0.1) is 0 Å². The number of benzene rings is 2. The summed E-state index contributed by atoms with van der Waals surface area (Å²) in [5, 5.41) is 4.43. The van der Waals surface area contributed by atoms with E-state index in [4.69, 9.17) is 39.5 Å². The number of amides is 2. The van der Waals surface area contributed by atoms with Crippen LogP contribution in [0.4, 0.5) is 0 Å². The molecule has 0 radical (unpaired) electrons. The van der Waals surface area contributed by atoms with Crippen LogP contribution in [0.5, 0.6) is 5.75 Å². The molecule has 0 saturated carbocycles. The third kappa shape index (κ3) is 7.55. The Balaban J connectivity index is 2.28. The van der Waals surface area contributed by atoms with Crippen LogP contribution in [0.3, 0.4) is 0 Å².